The molecule has 0 spiro atoms. The largest absolute Gasteiger partial charge is 0.345 e. The van der Waals surface area contributed by atoms with Crippen molar-refractivity contribution in [1.29, 1.82) is 0 Å². The zero-order valence-electron chi connectivity index (χ0n) is 20.1. The molecular formula is C33H19IrN3S-2. The molecule has 3 aromatic heterocycles. The van der Waals surface area contributed by atoms with E-state index in [1.807, 2.05) is 54.7 Å². The van der Waals surface area contributed by atoms with E-state index in [1.165, 1.54) is 37.2 Å². The van der Waals surface area contributed by atoms with Crippen molar-refractivity contribution in [2.24, 2.45) is 0 Å². The molecule has 0 aliphatic carbocycles. The second kappa shape index (κ2) is 10.5. The predicted octanol–water partition coefficient (Wildman–Crippen LogP) is 8.41. The number of benzene rings is 4. The Kier molecular flexibility index (Phi) is 6.73. The zero-order valence-corrected chi connectivity index (χ0v) is 23.3. The average molecular weight is 682 g/mol. The molecule has 0 N–H and O–H groups in total. The molecule has 38 heavy (non-hydrogen) atoms. The van der Waals surface area contributed by atoms with Crippen molar-refractivity contribution >= 4 is 44.1 Å². The molecule has 0 amide bonds. The summed E-state index contributed by atoms with van der Waals surface area (Å²) in [4.78, 5) is 14.6. The molecule has 8 rings (SSSR count). The van der Waals surface area contributed by atoms with Crippen molar-refractivity contribution in [3.05, 3.63) is 128 Å². The van der Waals surface area contributed by atoms with Crippen LogP contribution in [-0.4, -0.2) is 15.0 Å². The summed E-state index contributed by atoms with van der Waals surface area (Å²) >= 11 is 1.72. The third-order valence-electron chi connectivity index (χ3n) is 6.53. The third kappa shape index (κ3) is 4.29. The Morgan fingerprint density at radius 2 is 1.50 bits per heavy atom. The molecule has 1 aliphatic rings. The number of rotatable bonds is 1. The van der Waals surface area contributed by atoms with Crippen LogP contribution in [0.4, 0.5) is 0 Å². The van der Waals surface area contributed by atoms with Crippen molar-refractivity contribution in [3.8, 4) is 22.5 Å². The Bertz CT molecular complexity index is 1870. The van der Waals surface area contributed by atoms with Crippen LogP contribution >= 0.6 is 11.8 Å². The molecule has 0 fully saturated rings. The Labute approximate surface area is 238 Å². The van der Waals surface area contributed by atoms with Gasteiger partial charge in [-0.15, -0.1) is 59.8 Å². The fraction of sp³-hybridized carbons (Fsp3) is 0. The number of hydrogen-bond acceptors (Lipinski definition) is 4. The first-order chi connectivity index (χ1) is 18.4. The topological polar surface area (TPSA) is 38.7 Å². The Morgan fingerprint density at radius 1 is 0.605 bits per heavy atom. The van der Waals surface area contributed by atoms with Gasteiger partial charge in [-0.2, -0.15) is 0 Å². The second-order valence-corrected chi connectivity index (χ2v) is 9.73. The van der Waals surface area contributed by atoms with E-state index in [1.54, 1.807) is 24.2 Å². The van der Waals surface area contributed by atoms with Crippen molar-refractivity contribution in [2.45, 2.75) is 9.92 Å². The Morgan fingerprint density at radius 3 is 2.37 bits per heavy atom. The summed E-state index contributed by atoms with van der Waals surface area (Å²) in [6.07, 6.45) is 5.49. The minimum Gasteiger partial charge on any atom is -0.345 e. The smallest absolute Gasteiger partial charge is 0.0167 e. The van der Waals surface area contributed by atoms with Crippen LogP contribution in [-0.2, 0) is 20.1 Å². The van der Waals surface area contributed by atoms with Gasteiger partial charge in [0.25, 0.3) is 0 Å². The van der Waals surface area contributed by atoms with Gasteiger partial charge in [0.1, 0.15) is 0 Å². The van der Waals surface area contributed by atoms with Crippen LogP contribution in [0.5, 0.6) is 0 Å². The summed E-state index contributed by atoms with van der Waals surface area (Å²) in [6.45, 7) is 0. The maximum Gasteiger partial charge on any atom is 0.0167 e. The molecule has 1 radical (unpaired) electrons. The van der Waals surface area contributed by atoms with Crippen molar-refractivity contribution in [2.75, 3.05) is 0 Å². The van der Waals surface area contributed by atoms with Gasteiger partial charge in [-0.25, -0.2) is 0 Å². The van der Waals surface area contributed by atoms with E-state index in [2.05, 4.69) is 75.6 Å². The first kappa shape index (κ1) is 24.4. The summed E-state index contributed by atoms with van der Waals surface area (Å²) in [5.74, 6) is 0. The van der Waals surface area contributed by atoms with Gasteiger partial charge in [0.15, 0.2) is 0 Å². The number of aromatic nitrogens is 3. The van der Waals surface area contributed by atoms with E-state index >= 15 is 0 Å². The maximum atomic E-state index is 4.66. The van der Waals surface area contributed by atoms with Crippen LogP contribution in [0, 0.1) is 12.1 Å². The standard InChI is InChI=1S/C22H11N2S.C11H8N.Ir/c1-2-5-14-13(4-1)7-8-15-16-9-11-23-21-17-6-3-10-24-22(17)25-19(20(16)21)12-18(14)15;1-2-6-10(7-3-1)11-8-4-5-9-12-11;/h1-5,7-12H;1-6,8-9H;/q2*-1;. The number of hydrogen-bond donors (Lipinski definition) is 0. The van der Waals surface area contributed by atoms with Crippen LogP contribution in [0.1, 0.15) is 0 Å². The minimum absolute atomic E-state index is 0. The van der Waals surface area contributed by atoms with Crippen LogP contribution in [0.3, 0.4) is 0 Å². The van der Waals surface area contributed by atoms with Crippen LogP contribution < -0.4 is 0 Å². The van der Waals surface area contributed by atoms with Gasteiger partial charge in [-0.3, -0.25) is 0 Å². The van der Waals surface area contributed by atoms with E-state index in [-0.39, 0.29) is 20.1 Å². The quantitative estimate of drug-likeness (QED) is 0.129. The molecule has 183 valence electrons. The van der Waals surface area contributed by atoms with Gasteiger partial charge in [0.2, 0.25) is 0 Å². The summed E-state index contributed by atoms with van der Waals surface area (Å²) < 4.78 is 0. The van der Waals surface area contributed by atoms with Crippen LogP contribution in [0.15, 0.2) is 126 Å². The fourth-order valence-corrected chi connectivity index (χ4v) is 5.94. The van der Waals surface area contributed by atoms with Crippen molar-refractivity contribution in [1.82, 2.24) is 15.0 Å². The molecule has 0 saturated carbocycles. The first-order valence-electron chi connectivity index (χ1n) is 12.0. The van der Waals surface area contributed by atoms with Gasteiger partial charge in [-0.05, 0) is 61.9 Å². The molecule has 0 unspecified atom stereocenters. The molecule has 0 bridgehead atoms. The van der Waals surface area contributed by atoms with E-state index in [9.17, 15) is 0 Å². The monoisotopic (exact) mass is 682 g/mol. The Hall–Kier alpha value is -3.89. The van der Waals surface area contributed by atoms with Gasteiger partial charge in [0.05, 0.1) is 0 Å². The third-order valence-corrected chi connectivity index (χ3v) is 7.58. The molecular weight excluding hydrogens is 663 g/mol. The van der Waals surface area contributed by atoms with Gasteiger partial charge in [0, 0.05) is 42.4 Å². The summed E-state index contributed by atoms with van der Waals surface area (Å²) in [6, 6.07) is 39.4. The van der Waals surface area contributed by atoms with Gasteiger partial charge in [-0.1, -0.05) is 60.3 Å². The summed E-state index contributed by atoms with van der Waals surface area (Å²) in [7, 11) is 0. The zero-order chi connectivity index (χ0) is 24.6. The van der Waals surface area contributed by atoms with E-state index in [0.717, 1.165) is 27.5 Å². The molecule has 3 nitrogen and oxygen atoms in total. The molecule has 5 heteroatoms. The number of fused-ring (bicyclic) bond motifs is 6. The van der Waals surface area contributed by atoms with Gasteiger partial charge >= 0.3 is 0 Å². The summed E-state index contributed by atoms with van der Waals surface area (Å²) in [5.41, 5.74) is 4.01. The van der Waals surface area contributed by atoms with Crippen molar-refractivity contribution < 1.29 is 20.1 Å². The minimum atomic E-state index is 0. The van der Waals surface area contributed by atoms with Crippen molar-refractivity contribution in [3.63, 3.8) is 0 Å². The molecule has 0 saturated heterocycles. The van der Waals surface area contributed by atoms with E-state index in [4.69, 9.17) is 0 Å². The number of pyridine rings is 3. The fourth-order valence-electron chi connectivity index (χ4n) is 4.87. The van der Waals surface area contributed by atoms with Gasteiger partial charge < -0.3 is 15.0 Å². The molecule has 4 heterocycles. The number of nitrogens with zero attached hydrogens (tertiary/aromatic N) is 3. The second-order valence-electron chi connectivity index (χ2n) is 8.70. The van der Waals surface area contributed by atoms with E-state index in [0.29, 0.717) is 0 Å². The van der Waals surface area contributed by atoms with Crippen LogP contribution in [0.25, 0.3) is 54.8 Å². The average Bonchev–Trinajstić information content (AvgIpc) is 2.98. The Balaban J connectivity index is 0.000000172. The molecule has 7 aromatic rings. The molecule has 0 atom stereocenters. The normalized spacial score (nSPS) is 11.4. The van der Waals surface area contributed by atoms with Crippen LogP contribution in [0.2, 0.25) is 0 Å². The summed E-state index contributed by atoms with van der Waals surface area (Å²) in [5, 5.41) is 8.56. The first-order valence-corrected chi connectivity index (χ1v) is 12.8. The SMILES string of the molecule is [Ir].[c-]1ccccc1-c1ccccn1.[c-]1ccnc2c1-c1nccc3c1c(cc1c4ccccc4ccc31)S2. The van der Waals surface area contributed by atoms with E-state index < -0.39 is 0 Å². The molecule has 1 aliphatic heterocycles. The predicted molar refractivity (Wildman–Crippen MR) is 151 cm³/mol. The molecule has 4 aromatic carbocycles. The maximum absolute atomic E-state index is 4.66.